The molecule has 410 valence electrons. The summed E-state index contributed by atoms with van der Waals surface area (Å²) in [5, 5.41) is 19.5. The van der Waals surface area contributed by atoms with Gasteiger partial charge in [0.15, 0.2) is 0 Å². The summed E-state index contributed by atoms with van der Waals surface area (Å²) in [6.07, 6.45) is 11.7. The first-order valence-electron chi connectivity index (χ1n) is 27.4. The molecule has 3 aromatic heterocycles. The molecular formula is C58H68F2N12O6. The molecule has 20 heteroatoms. The zero-order valence-electron chi connectivity index (χ0n) is 44.5. The molecule has 78 heavy (non-hydrogen) atoms. The van der Waals surface area contributed by atoms with Crippen LogP contribution in [0.1, 0.15) is 103 Å². The third kappa shape index (κ3) is 11.7. The summed E-state index contributed by atoms with van der Waals surface area (Å²) >= 11 is 0. The highest BCUT2D eigenvalue weighted by Crippen LogP contribution is 2.43. The van der Waals surface area contributed by atoms with Crippen LogP contribution in [0.2, 0.25) is 0 Å². The highest BCUT2D eigenvalue weighted by atomic mass is 19.1. The Kier molecular flexibility index (Phi) is 16.0. The molecule has 5 amide bonds. The summed E-state index contributed by atoms with van der Waals surface area (Å²) < 4.78 is 36.8. The number of imide groups is 1. The molecule has 2 N–H and O–H groups in total. The Labute approximate surface area is 453 Å². The standard InChI is InChI=1S/C58H68F2N12O6/c1-3-78-46-32-48(54-43(33-61)35-64-72(54)37-46)41-5-10-51(62-34-41)69-24-17-58(18-25-69,65-55(76)49-31-44(59)6-9-50(49)60)38-67-28-26-66(27-29-67)19-12-53(75)70-22-15-57(16-23-70)13-20-68(21-14-57)45-7-8-47-42(30-45)36-71(56(47)77)40(2)4-11-52(74)63-39-73/h5-10,30-32,34-35,37,39-40H,3-4,11-29,36,38H2,1-2H3,(H,65,76)(H,63,73,74). The Balaban J connectivity index is 0.695. The zero-order valence-corrected chi connectivity index (χ0v) is 44.5. The van der Waals surface area contributed by atoms with Crippen LogP contribution in [0.25, 0.3) is 16.6 Å². The highest BCUT2D eigenvalue weighted by Gasteiger charge is 2.41. The molecule has 10 rings (SSSR count). The number of fused-ring (bicyclic) bond motifs is 2. The number of nitriles is 1. The van der Waals surface area contributed by atoms with Crippen molar-refractivity contribution in [3.05, 3.63) is 107 Å². The molecule has 4 saturated heterocycles. The number of piperidine rings is 3. The molecular weight excluding hydrogens is 999 g/mol. The number of ether oxygens (including phenoxy) is 1. The van der Waals surface area contributed by atoms with Crippen LogP contribution in [0.5, 0.6) is 5.75 Å². The van der Waals surface area contributed by atoms with Crippen LogP contribution >= 0.6 is 0 Å². The maximum absolute atomic E-state index is 15.0. The molecule has 18 nitrogen and oxygen atoms in total. The largest absolute Gasteiger partial charge is 0.492 e. The fourth-order valence-corrected chi connectivity index (χ4v) is 12.3. The van der Waals surface area contributed by atoms with Crippen molar-refractivity contribution in [2.24, 2.45) is 5.41 Å². The Morgan fingerprint density at radius 1 is 0.846 bits per heavy atom. The maximum atomic E-state index is 15.0. The van der Waals surface area contributed by atoms with E-state index in [0.29, 0.717) is 93.8 Å². The first kappa shape index (κ1) is 53.9. The molecule has 8 heterocycles. The van der Waals surface area contributed by atoms with Crippen molar-refractivity contribution >= 4 is 47.1 Å². The Bertz CT molecular complexity index is 3070. The average Bonchev–Trinajstić information content (AvgIpc) is 4.15. The van der Waals surface area contributed by atoms with Crippen LogP contribution in [-0.2, 0) is 20.9 Å². The molecule has 2 aromatic carbocycles. The third-order valence-corrected chi connectivity index (χ3v) is 17.1. The lowest BCUT2D eigenvalue weighted by molar-refractivity contribution is -0.134. The lowest BCUT2D eigenvalue weighted by Crippen LogP contribution is -2.62. The van der Waals surface area contributed by atoms with Gasteiger partial charge >= 0.3 is 0 Å². The second kappa shape index (κ2) is 23.2. The number of aromatic nitrogens is 3. The molecule has 5 aromatic rings. The fraction of sp³-hybridized carbons (Fsp3) is 0.483. The van der Waals surface area contributed by atoms with E-state index in [0.717, 1.165) is 124 Å². The van der Waals surface area contributed by atoms with Gasteiger partial charge in [-0.15, -0.1) is 0 Å². The number of amides is 5. The molecule has 4 fully saturated rings. The van der Waals surface area contributed by atoms with Crippen molar-refractivity contribution in [3.63, 3.8) is 0 Å². The monoisotopic (exact) mass is 1070 g/mol. The molecule has 5 aliphatic rings. The smallest absolute Gasteiger partial charge is 0.254 e. The lowest BCUT2D eigenvalue weighted by atomic mass is 9.71. The summed E-state index contributed by atoms with van der Waals surface area (Å²) in [5.74, 6) is -0.946. The van der Waals surface area contributed by atoms with Gasteiger partial charge in [0.2, 0.25) is 18.2 Å². The number of anilines is 2. The minimum atomic E-state index is -0.784. The normalized spacial score (nSPS) is 18.9. The average molecular weight is 1070 g/mol. The van der Waals surface area contributed by atoms with Crippen LogP contribution < -0.4 is 25.2 Å². The number of pyridine rings is 2. The molecule has 5 aliphatic heterocycles. The van der Waals surface area contributed by atoms with E-state index in [2.05, 4.69) is 47.5 Å². The molecule has 1 atom stereocenters. The van der Waals surface area contributed by atoms with E-state index in [1.54, 1.807) is 21.8 Å². The number of nitrogens with zero attached hydrogens (tertiary/aromatic N) is 10. The Hall–Kier alpha value is -7.50. The van der Waals surface area contributed by atoms with Gasteiger partial charge in [0.1, 0.15) is 29.3 Å². The van der Waals surface area contributed by atoms with Gasteiger partial charge in [-0.25, -0.2) is 18.3 Å². The van der Waals surface area contributed by atoms with Crippen molar-refractivity contribution in [1.29, 1.82) is 5.26 Å². The Morgan fingerprint density at radius 3 is 2.28 bits per heavy atom. The lowest BCUT2D eigenvalue weighted by Gasteiger charge is -2.47. The highest BCUT2D eigenvalue weighted by molar-refractivity contribution is 5.99. The van der Waals surface area contributed by atoms with E-state index < -0.39 is 23.1 Å². The minimum absolute atomic E-state index is 0.0290. The number of rotatable bonds is 17. The quantitative estimate of drug-likeness (QED) is 0.103. The number of piperazine rings is 1. The number of benzene rings is 2. The van der Waals surface area contributed by atoms with Gasteiger partial charge in [0.05, 0.1) is 41.2 Å². The SMILES string of the molecule is CCOc1cc(-c2ccc(N3CCC(CN4CCN(CCC(=O)N5CCC6(CC5)CCN(c5ccc7c(c5)CN(C(C)CCC(=O)NC=O)C7=O)CC6)CC4)(NC(=O)c4cc(F)ccc4F)CC3)nc2)c2c(C#N)cnn2c1. The van der Waals surface area contributed by atoms with Gasteiger partial charge in [-0.05, 0) is 124 Å². The van der Waals surface area contributed by atoms with Crippen molar-refractivity contribution < 1.29 is 37.5 Å². The van der Waals surface area contributed by atoms with Gasteiger partial charge in [-0.1, -0.05) is 0 Å². The number of nitrogens with one attached hydrogen (secondary N) is 2. The fourth-order valence-electron chi connectivity index (χ4n) is 12.3. The second-order valence-electron chi connectivity index (χ2n) is 21.8. The summed E-state index contributed by atoms with van der Waals surface area (Å²) in [4.78, 5) is 81.0. The van der Waals surface area contributed by atoms with Crippen LogP contribution in [0.3, 0.4) is 0 Å². The van der Waals surface area contributed by atoms with Crippen LogP contribution in [0, 0.1) is 28.4 Å². The van der Waals surface area contributed by atoms with E-state index in [-0.39, 0.29) is 41.2 Å². The molecule has 0 bridgehead atoms. The van der Waals surface area contributed by atoms with Crippen molar-refractivity contribution in [2.45, 2.75) is 89.8 Å². The van der Waals surface area contributed by atoms with E-state index in [9.17, 15) is 38.0 Å². The predicted molar refractivity (Wildman–Crippen MR) is 289 cm³/mol. The van der Waals surface area contributed by atoms with E-state index in [4.69, 9.17) is 9.72 Å². The number of hydrogen-bond donors (Lipinski definition) is 2. The molecule has 0 saturated carbocycles. The van der Waals surface area contributed by atoms with E-state index >= 15 is 0 Å². The third-order valence-electron chi connectivity index (χ3n) is 17.1. The van der Waals surface area contributed by atoms with Crippen molar-refractivity contribution in [2.75, 3.05) is 94.9 Å². The first-order valence-corrected chi connectivity index (χ1v) is 27.4. The van der Waals surface area contributed by atoms with Gasteiger partial charge in [-0.2, -0.15) is 10.4 Å². The minimum Gasteiger partial charge on any atom is -0.492 e. The Morgan fingerprint density at radius 2 is 1.58 bits per heavy atom. The molecule has 1 spiro atoms. The number of carbonyl (C=O) groups is 5. The number of halogens is 2. The van der Waals surface area contributed by atoms with Crippen LogP contribution in [0.15, 0.2) is 73.2 Å². The van der Waals surface area contributed by atoms with Gasteiger partial charge < -0.3 is 34.6 Å². The topological polar surface area (TPSA) is 192 Å². The number of likely N-dealkylation sites (tertiary alicyclic amines) is 1. The van der Waals surface area contributed by atoms with Gasteiger partial charge in [0, 0.05) is 133 Å². The number of carbonyl (C=O) groups excluding carboxylic acids is 5. The second-order valence-corrected chi connectivity index (χ2v) is 21.8. The van der Waals surface area contributed by atoms with Crippen LogP contribution in [0.4, 0.5) is 20.3 Å². The van der Waals surface area contributed by atoms with Crippen LogP contribution in [-0.4, -0.2) is 161 Å². The van der Waals surface area contributed by atoms with E-state index in [1.165, 1.54) is 6.20 Å². The van der Waals surface area contributed by atoms with Gasteiger partial charge in [-0.3, -0.25) is 34.2 Å². The zero-order chi connectivity index (χ0) is 54.6. The first-order chi connectivity index (χ1) is 37.7. The molecule has 0 radical (unpaired) electrons. The molecule has 0 aliphatic carbocycles. The van der Waals surface area contributed by atoms with Crippen molar-refractivity contribution in [1.82, 2.24) is 44.8 Å². The van der Waals surface area contributed by atoms with Crippen molar-refractivity contribution in [3.8, 4) is 22.9 Å². The number of hydrogen-bond acceptors (Lipinski definition) is 13. The predicted octanol–water partition coefficient (Wildman–Crippen LogP) is 6.03. The van der Waals surface area contributed by atoms with Gasteiger partial charge in [0.25, 0.3) is 11.8 Å². The summed E-state index contributed by atoms with van der Waals surface area (Å²) in [6, 6.07) is 16.9. The van der Waals surface area contributed by atoms with E-state index in [1.807, 2.05) is 49.1 Å². The molecule has 1 unspecified atom stereocenters. The summed E-state index contributed by atoms with van der Waals surface area (Å²) in [7, 11) is 0. The maximum Gasteiger partial charge on any atom is 0.254 e. The summed E-state index contributed by atoms with van der Waals surface area (Å²) in [6.45, 7) is 13.4. The summed E-state index contributed by atoms with van der Waals surface area (Å²) in [5.41, 5.74) is 4.62.